The van der Waals surface area contributed by atoms with E-state index in [2.05, 4.69) is 33.9 Å². The highest BCUT2D eigenvalue weighted by Crippen LogP contribution is 2.20. The second kappa shape index (κ2) is 7.77. The number of rotatable bonds is 5. The summed E-state index contributed by atoms with van der Waals surface area (Å²) in [6.45, 7) is 5.61. The predicted octanol–water partition coefficient (Wildman–Crippen LogP) is 1.78. The molecule has 3 aromatic heterocycles. The molecule has 1 aliphatic heterocycles. The number of aryl methyl sites for hydroxylation is 1. The van der Waals surface area contributed by atoms with Crippen molar-refractivity contribution in [2.45, 2.75) is 19.4 Å². The van der Waals surface area contributed by atoms with E-state index in [0.717, 1.165) is 47.5 Å². The SMILES string of the molecule is C[C@H]1CN(C)CCN1CC(=O)Cc1cc2nc(-c3cnn(C)c3)ccc2cn1. The average molecular weight is 378 g/mol. The molecule has 7 heteroatoms. The third-order valence-electron chi connectivity index (χ3n) is 5.36. The number of piperazine rings is 1. The molecular weight excluding hydrogens is 352 g/mol. The number of hydrogen-bond acceptors (Lipinski definition) is 6. The van der Waals surface area contributed by atoms with Gasteiger partial charge in [-0.2, -0.15) is 5.10 Å². The van der Waals surface area contributed by atoms with Crippen LogP contribution in [0, 0.1) is 0 Å². The molecule has 4 heterocycles. The third kappa shape index (κ3) is 4.10. The third-order valence-corrected chi connectivity index (χ3v) is 5.36. The van der Waals surface area contributed by atoms with Crippen LogP contribution < -0.4 is 0 Å². The molecule has 0 saturated carbocycles. The predicted molar refractivity (Wildman–Crippen MR) is 109 cm³/mol. The summed E-state index contributed by atoms with van der Waals surface area (Å²) in [5.74, 6) is 0.201. The van der Waals surface area contributed by atoms with E-state index >= 15 is 0 Å². The Morgan fingerprint density at radius 3 is 2.82 bits per heavy atom. The second-order valence-corrected chi connectivity index (χ2v) is 7.76. The minimum absolute atomic E-state index is 0.201. The lowest BCUT2D eigenvalue weighted by Crippen LogP contribution is -2.52. The standard InChI is InChI=1S/C21H26N6O/c1-15-12-25(2)6-7-27(15)14-19(28)8-18-9-21-16(10-22-18)4-5-20(24-21)17-11-23-26(3)13-17/h4-5,9-11,13,15H,6-8,12,14H2,1-3H3/t15-/m0/s1. The van der Waals surface area contributed by atoms with Crippen molar-refractivity contribution >= 4 is 16.7 Å². The molecule has 0 amide bonds. The molecule has 1 fully saturated rings. The molecule has 0 N–H and O–H groups in total. The van der Waals surface area contributed by atoms with Crippen LogP contribution in [0.5, 0.6) is 0 Å². The molecule has 0 unspecified atom stereocenters. The molecule has 3 aromatic rings. The number of aromatic nitrogens is 4. The molecule has 0 spiro atoms. The van der Waals surface area contributed by atoms with Crippen molar-refractivity contribution in [3.05, 3.63) is 42.5 Å². The van der Waals surface area contributed by atoms with Crippen molar-refractivity contribution in [2.75, 3.05) is 33.2 Å². The van der Waals surface area contributed by atoms with Crippen molar-refractivity contribution in [3.8, 4) is 11.3 Å². The van der Waals surface area contributed by atoms with Gasteiger partial charge in [0.15, 0.2) is 5.78 Å². The van der Waals surface area contributed by atoms with Crippen LogP contribution in [-0.2, 0) is 18.3 Å². The zero-order valence-electron chi connectivity index (χ0n) is 16.7. The quantitative estimate of drug-likeness (QED) is 0.674. The minimum Gasteiger partial charge on any atom is -0.304 e. The average Bonchev–Trinajstić information content (AvgIpc) is 3.10. The molecule has 1 atom stereocenters. The maximum atomic E-state index is 12.6. The van der Waals surface area contributed by atoms with E-state index in [1.54, 1.807) is 17.1 Å². The summed E-state index contributed by atoms with van der Waals surface area (Å²) in [5, 5.41) is 5.18. The fourth-order valence-electron chi connectivity index (χ4n) is 3.77. The number of fused-ring (bicyclic) bond motifs is 1. The minimum atomic E-state index is 0.201. The summed E-state index contributed by atoms with van der Waals surface area (Å²) in [7, 11) is 4.01. The van der Waals surface area contributed by atoms with Gasteiger partial charge in [-0.15, -0.1) is 0 Å². The Labute approximate surface area is 165 Å². The van der Waals surface area contributed by atoms with Crippen LogP contribution in [0.15, 0.2) is 36.8 Å². The van der Waals surface area contributed by atoms with Crippen LogP contribution >= 0.6 is 0 Å². The number of pyridine rings is 2. The zero-order valence-corrected chi connectivity index (χ0v) is 16.7. The van der Waals surface area contributed by atoms with E-state index in [-0.39, 0.29) is 5.78 Å². The number of hydrogen-bond donors (Lipinski definition) is 0. The van der Waals surface area contributed by atoms with Gasteiger partial charge in [-0.25, -0.2) is 4.98 Å². The Bertz CT molecular complexity index is 997. The van der Waals surface area contributed by atoms with E-state index in [1.165, 1.54) is 0 Å². The monoisotopic (exact) mass is 378 g/mol. The van der Waals surface area contributed by atoms with Crippen LogP contribution in [0.25, 0.3) is 22.2 Å². The molecule has 4 rings (SSSR count). The number of carbonyl (C=O) groups is 1. The Morgan fingerprint density at radius 1 is 1.21 bits per heavy atom. The first kappa shape index (κ1) is 18.7. The van der Waals surface area contributed by atoms with E-state index < -0.39 is 0 Å². The molecule has 0 radical (unpaired) electrons. The summed E-state index contributed by atoms with van der Waals surface area (Å²) >= 11 is 0. The van der Waals surface area contributed by atoms with Crippen LogP contribution in [0.1, 0.15) is 12.6 Å². The summed E-state index contributed by atoms with van der Waals surface area (Å²) in [5.41, 5.74) is 3.47. The van der Waals surface area contributed by atoms with Gasteiger partial charge in [-0.05, 0) is 32.2 Å². The maximum Gasteiger partial charge on any atom is 0.152 e. The molecular formula is C21H26N6O. The van der Waals surface area contributed by atoms with Crippen molar-refractivity contribution in [3.63, 3.8) is 0 Å². The van der Waals surface area contributed by atoms with E-state index in [4.69, 9.17) is 4.98 Å². The molecule has 0 aliphatic carbocycles. The number of Topliss-reactive ketones (excluding diaryl/α,β-unsaturated/α-hetero) is 1. The maximum absolute atomic E-state index is 12.6. The molecule has 28 heavy (non-hydrogen) atoms. The fourth-order valence-corrected chi connectivity index (χ4v) is 3.77. The lowest BCUT2D eigenvalue weighted by Gasteiger charge is -2.37. The highest BCUT2D eigenvalue weighted by molar-refractivity contribution is 5.85. The molecule has 146 valence electrons. The Kier molecular flexibility index (Phi) is 5.19. The first-order valence-electron chi connectivity index (χ1n) is 9.67. The number of carbonyl (C=O) groups excluding carboxylic acids is 1. The lowest BCUT2D eigenvalue weighted by molar-refractivity contribution is -0.120. The zero-order chi connectivity index (χ0) is 19.7. The van der Waals surface area contributed by atoms with Gasteiger partial charge < -0.3 is 4.90 Å². The molecule has 1 saturated heterocycles. The van der Waals surface area contributed by atoms with E-state index in [9.17, 15) is 4.79 Å². The van der Waals surface area contributed by atoms with Gasteiger partial charge in [0.25, 0.3) is 0 Å². The Hall–Kier alpha value is -2.64. The first-order chi connectivity index (χ1) is 13.5. The highest BCUT2D eigenvalue weighted by atomic mass is 16.1. The fraction of sp³-hybridized carbons (Fsp3) is 0.429. The van der Waals surface area contributed by atoms with E-state index in [1.807, 2.05) is 31.4 Å². The largest absolute Gasteiger partial charge is 0.304 e. The smallest absolute Gasteiger partial charge is 0.152 e. The molecule has 1 aliphatic rings. The molecule has 7 nitrogen and oxygen atoms in total. The van der Waals surface area contributed by atoms with Crippen LogP contribution in [-0.4, -0.2) is 74.6 Å². The summed E-state index contributed by atoms with van der Waals surface area (Å²) in [6.07, 6.45) is 5.89. The molecule has 0 aromatic carbocycles. The van der Waals surface area contributed by atoms with Crippen molar-refractivity contribution < 1.29 is 4.79 Å². The first-order valence-corrected chi connectivity index (χ1v) is 9.67. The van der Waals surface area contributed by atoms with Gasteiger partial charge in [0.2, 0.25) is 0 Å². The molecule has 0 bridgehead atoms. The van der Waals surface area contributed by atoms with Gasteiger partial charge in [0, 0.05) is 61.8 Å². The summed E-state index contributed by atoms with van der Waals surface area (Å²) in [4.78, 5) is 26.4. The Balaban J connectivity index is 1.48. The van der Waals surface area contributed by atoms with E-state index in [0.29, 0.717) is 19.0 Å². The van der Waals surface area contributed by atoms with Gasteiger partial charge in [0.1, 0.15) is 0 Å². The topological polar surface area (TPSA) is 67.2 Å². The van der Waals surface area contributed by atoms with Crippen LogP contribution in [0.4, 0.5) is 0 Å². The number of likely N-dealkylation sites (N-methyl/N-ethyl adjacent to an activating group) is 1. The van der Waals surface area contributed by atoms with Gasteiger partial charge >= 0.3 is 0 Å². The lowest BCUT2D eigenvalue weighted by atomic mass is 10.1. The highest BCUT2D eigenvalue weighted by Gasteiger charge is 2.23. The van der Waals surface area contributed by atoms with Crippen LogP contribution in [0.2, 0.25) is 0 Å². The normalized spacial score (nSPS) is 18.6. The van der Waals surface area contributed by atoms with Gasteiger partial charge in [-0.3, -0.25) is 19.4 Å². The number of ketones is 1. The van der Waals surface area contributed by atoms with Gasteiger partial charge in [0.05, 0.1) is 30.4 Å². The van der Waals surface area contributed by atoms with Crippen molar-refractivity contribution in [1.29, 1.82) is 0 Å². The number of nitrogens with zero attached hydrogens (tertiary/aromatic N) is 6. The summed E-state index contributed by atoms with van der Waals surface area (Å²) < 4.78 is 1.76. The second-order valence-electron chi connectivity index (χ2n) is 7.76. The van der Waals surface area contributed by atoms with Crippen molar-refractivity contribution in [1.82, 2.24) is 29.5 Å². The van der Waals surface area contributed by atoms with Gasteiger partial charge in [-0.1, -0.05) is 0 Å². The summed E-state index contributed by atoms with van der Waals surface area (Å²) in [6, 6.07) is 6.31. The van der Waals surface area contributed by atoms with Crippen molar-refractivity contribution in [2.24, 2.45) is 7.05 Å². The Morgan fingerprint density at radius 2 is 2.07 bits per heavy atom. The van der Waals surface area contributed by atoms with Crippen LogP contribution in [0.3, 0.4) is 0 Å².